The molecule has 0 radical (unpaired) electrons. The van der Waals surface area contributed by atoms with Crippen molar-refractivity contribution in [3.63, 3.8) is 0 Å². The van der Waals surface area contributed by atoms with E-state index in [0.717, 1.165) is 12.0 Å². The van der Waals surface area contributed by atoms with Crippen LogP contribution in [0.2, 0.25) is 0 Å². The lowest BCUT2D eigenvalue weighted by atomic mass is 10.0. The zero-order valence-corrected chi connectivity index (χ0v) is 14.5. The molecule has 1 heterocycles. The lowest BCUT2D eigenvalue weighted by Gasteiger charge is -2.04. The van der Waals surface area contributed by atoms with Crippen LogP contribution in [0, 0.1) is 16.3 Å². The van der Waals surface area contributed by atoms with E-state index in [4.69, 9.17) is 0 Å². The van der Waals surface area contributed by atoms with Crippen molar-refractivity contribution in [2.24, 2.45) is 0 Å². The highest BCUT2D eigenvalue weighted by Gasteiger charge is 2.06. The Morgan fingerprint density at radius 2 is 1.76 bits per heavy atom. The molecule has 0 saturated heterocycles. The predicted octanol–water partition coefficient (Wildman–Crippen LogP) is 6.06. The van der Waals surface area contributed by atoms with Crippen molar-refractivity contribution in [1.82, 2.24) is 0 Å². The fraction of sp³-hybridized carbons (Fsp3) is 0.111. The van der Waals surface area contributed by atoms with Gasteiger partial charge in [0.15, 0.2) is 0 Å². The number of thiophene rings is 1. The van der Waals surface area contributed by atoms with Gasteiger partial charge in [-0.2, -0.15) is 0 Å². The molecule has 0 unspecified atom stereocenters. The molecule has 0 saturated carbocycles. The standard InChI is InChI=1S/C18H14FIS/c1-12-2-7-17(20)8-14(12)9-18-10-15(11-21-18)13-3-5-16(19)6-4-13/h2-8,10-11H,9H2,1H3. The number of benzene rings is 2. The van der Waals surface area contributed by atoms with Gasteiger partial charge in [0.05, 0.1) is 0 Å². The van der Waals surface area contributed by atoms with Crippen LogP contribution < -0.4 is 0 Å². The lowest BCUT2D eigenvalue weighted by Crippen LogP contribution is -1.90. The number of hydrogen-bond donors (Lipinski definition) is 0. The average molecular weight is 408 g/mol. The van der Waals surface area contributed by atoms with Crippen LogP contribution in [-0.2, 0) is 6.42 Å². The van der Waals surface area contributed by atoms with Crippen molar-refractivity contribution < 1.29 is 4.39 Å². The van der Waals surface area contributed by atoms with Crippen molar-refractivity contribution in [3.05, 3.63) is 79.3 Å². The van der Waals surface area contributed by atoms with Gasteiger partial charge in [0.1, 0.15) is 5.82 Å². The molecule has 0 aliphatic heterocycles. The minimum absolute atomic E-state index is 0.191. The first kappa shape index (κ1) is 14.7. The Hall–Kier alpha value is -1.20. The monoisotopic (exact) mass is 408 g/mol. The third-order valence-corrected chi connectivity index (χ3v) is 5.11. The Bertz CT molecular complexity index is 759. The van der Waals surface area contributed by atoms with Crippen molar-refractivity contribution in [3.8, 4) is 11.1 Å². The first-order valence-corrected chi connectivity index (χ1v) is 8.66. The Labute approximate surface area is 141 Å². The molecule has 3 heteroatoms. The molecule has 21 heavy (non-hydrogen) atoms. The summed E-state index contributed by atoms with van der Waals surface area (Å²) in [7, 11) is 0. The van der Waals surface area contributed by atoms with Gasteiger partial charge in [0, 0.05) is 14.9 Å². The van der Waals surface area contributed by atoms with Crippen LogP contribution in [0.4, 0.5) is 4.39 Å². The second-order valence-electron chi connectivity index (χ2n) is 5.06. The fourth-order valence-electron chi connectivity index (χ4n) is 2.29. The van der Waals surface area contributed by atoms with Gasteiger partial charge in [-0.25, -0.2) is 4.39 Å². The molecule has 0 spiro atoms. The summed E-state index contributed by atoms with van der Waals surface area (Å²) in [5, 5.41) is 2.14. The first-order valence-electron chi connectivity index (χ1n) is 6.70. The number of hydrogen-bond acceptors (Lipinski definition) is 1. The van der Waals surface area contributed by atoms with Crippen LogP contribution in [0.3, 0.4) is 0 Å². The molecular formula is C18H14FIS. The SMILES string of the molecule is Cc1ccc(I)cc1Cc1cc(-c2ccc(F)cc2)cs1. The molecule has 2 aromatic carbocycles. The summed E-state index contributed by atoms with van der Waals surface area (Å²) >= 11 is 4.11. The lowest BCUT2D eigenvalue weighted by molar-refractivity contribution is 0.628. The van der Waals surface area contributed by atoms with Crippen LogP contribution in [0.1, 0.15) is 16.0 Å². The molecule has 0 amide bonds. The van der Waals surface area contributed by atoms with Gasteiger partial charge < -0.3 is 0 Å². The van der Waals surface area contributed by atoms with E-state index in [2.05, 4.69) is 59.2 Å². The molecular weight excluding hydrogens is 394 g/mol. The summed E-state index contributed by atoms with van der Waals surface area (Å²) in [6.07, 6.45) is 0.953. The van der Waals surface area contributed by atoms with Gasteiger partial charge in [0.25, 0.3) is 0 Å². The van der Waals surface area contributed by atoms with E-state index >= 15 is 0 Å². The smallest absolute Gasteiger partial charge is 0.123 e. The van der Waals surface area contributed by atoms with E-state index < -0.39 is 0 Å². The van der Waals surface area contributed by atoms with Crippen LogP contribution in [0.15, 0.2) is 53.9 Å². The summed E-state index contributed by atoms with van der Waals surface area (Å²) in [4.78, 5) is 1.33. The molecule has 0 nitrogen and oxygen atoms in total. The maximum absolute atomic E-state index is 13.0. The summed E-state index contributed by atoms with van der Waals surface area (Å²) in [5.41, 5.74) is 4.93. The predicted molar refractivity (Wildman–Crippen MR) is 96.4 cm³/mol. The zero-order valence-electron chi connectivity index (χ0n) is 11.6. The molecule has 3 aromatic rings. The molecule has 0 atom stereocenters. The van der Waals surface area contributed by atoms with Gasteiger partial charge in [-0.05, 0) is 87.5 Å². The molecule has 3 rings (SSSR count). The van der Waals surface area contributed by atoms with Gasteiger partial charge in [-0.1, -0.05) is 18.2 Å². The molecule has 0 fully saturated rings. The highest BCUT2D eigenvalue weighted by molar-refractivity contribution is 14.1. The van der Waals surface area contributed by atoms with E-state index in [0.29, 0.717) is 0 Å². The molecule has 0 N–H and O–H groups in total. The Balaban J connectivity index is 1.85. The van der Waals surface area contributed by atoms with E-state index in [1.807, 2.05) is 12.1 Å². The Morgan fingerprint density at radius 1 is 1.00 bits per heavy atom. The summed E-state index contributed by atoms with van der Waals surface area (Å²) in [6, 6.07) is 15.4. The maximum Gasteiger partial charge on any atom is 0.123 e. The zero-order chi connectivity index (χ0) is 14.8. The maximum atomic E-state index is 13.0. The first-order chi connectivity index (χ1) is 10.1. The number of halogens is 2. The normalized spacial score (nSPS) is 10.8. The quantitative estimate of drug-likeness (QED) is 0.463. The Kier molecular flexibility index (Phi) is 4.40. The van der Waals surface area contributed by atoms with E-state index in [9.17, 15) is 4.39 Å². The largest absolute Gasteiger partial charge is 0.207 e. The van der Waals surface area contributed by atoms with Crippen molar-refractivity contribution in [1.29, 1.82) is 0 Å². The van der Waals surface area contributed by atoms with E-state index in [1.165, 1.54) is 37.3 Å². The second kappa shape index (κ2) is 6.28. The van der Waals surface area contributed by atoms with E-state index in [1.54, 1.807) is 11.3 Å². The molecule has 106 valence electrons. The van der Waals surface area contributed by atoms with Crippen molar-refractivity contribution >= 4 is 33.9 Å². The van der Waals surface area contributed by atoms with Crippen molar-refractivity contribution in [2.75, 3.05) is 0 Å². The molecule has 1 aromatic heterocycles. The third-order valence-electron chi connectivity index (χ3n) is 3.51. The molecule has 0 bridgehead atoms. The second-order valence-corrected chi connectivity index (χ2v) is 7.30. The minimum Gasteiger partial charge on any atom is -0.207 e. The molecule has 0 aliphatic carbocycles. The van der Waals surface area contributed by atoms with Gasteiger partial charge in [-0.15, -0.1) is 11.3 Å². The Morgan fingerprint density at radius 3 is 2.52 bits per heavy atom. The summed E-state index contributed by atoms with van der Waals surface area (Å²) in [5.74, 6) is -0.191. The summed E-state index contributed by atoms with van der Waals surface area (Å²) in [6.45, 7) is 2.15. The van der Waals surface area contributed by atoms with Gasteiger partial charge in [-0.3, -0.25) is 0 Å². The van der Waals surface area contributed by atoms with Crippen LogP contribution in [-0.4, -0.2) is 0 Å². The molecule has 0 aliphatic rings. The fourth-order valence-corrected chi connectivity index (χ4v) is 3.76. The highest BCUT2D eigenvalue weighted by atomic mass is 127. The van der Waals surface area contributed by atoms with Crippen LogP contribution >= 0.6 is 33.9 Å². The highest BCUT2D eigenvalue weighted by Crippen LogP contribution is 2.28. The number of aryl methyl sites for hydroxylation is 1. The number of rotatable bonds is 3. The van der Waals surface area contributed by atoms with Crippen LogP contribution in [0.25, 0.3) is 11.1 Å². The summed E-state index contributed by atoms with van der Waals surface area (Å²) < 4.78 is 14.2. The van der Waals surface area contributed by atoms with Crippen LogP contribution in [0.5, 0.6) is 0 Å². The minimum atomic E-state index is -0.191. The average Bonchev–Trinajstić information content (AvgIpc) is 2.92. The van der Waals surface area contributed by atoms with Gasteiger partial charge >= 0.3 is 0 Å². The van der Waals surface area contributed by atoms with E-state index in [-0.39, 0.29) is 5.82 Å². The van der Waals surface area contributed by atoms with Gasteiger partial charge in [0.2, 0.25) is 0 Å². The topological polar surface area (TPSA) is 0 Å². The van der Waals surface area contributed by atoms with Crippen molar-refractivity contribution in [2.45, 2.75) is 13.3 Å². The third kappa shape index (κ3) is 3.52.